The third-order valence-corrected chi connectivity index (χ3v) is 4.51. The summed E-state index contributed by atoms with van der Waals surface area (Å²) >= 11 is 7.81. The number of rotatable bonds is 1. The molecular formula is C11H14ClFIN3. The maximum atomic E-state index is 13.5. The molecule has 1 fully saturated rings. The van der Waals surface area contributed by atoms with Gasteiger partial charge in [-0.05, 0) is 42.6 Å². The molecule has 2 heterocycles. The van der Waals surface area contributed by atoms with Crippen LogP contribution >= 0.6 is 34.2 Å². The van der Waals surface area contributed by atoms with Crippen molar-refractivity contribution in [3.63, 3.8) is 0 Å². The Morgan fingerprint density at radius 2 is 2.24 bits per heavy atom. The average Bonchev–Trinajstić information content (AvgIpc) is 2.25. The standard InChI is InChI=1S/C11H14ClFIN3/c1-7-6-16(2)3-4-17(7)9-5-8(14)10(12)11(13)15-9/h5,7H,3-4,6H2,1-2H3/t7-/m0/s1. The molecule has 0 saturated carbocycles. The van der Waals surface area contributed by atoms with Crippen molar-refractivity contribution in [2.45, 2.75) is 13.0 Å². The summed E-state index contributed by atoms with van der Waals surface area (Å²) in [6.45, 7) is 4.91. The molecule has 0 bridgehead atoms. The van der Waals surface area contributed by atoms with E-state index in [0.717, 1.165) is 19.6 Å². The summed E-state index contributed by atoms with van der Waals surface area (Å²) in [6.07, 6.45) is 0. The second-order valence-electron chi connectivity index (χ2n) is 4.37. The lowest BCUT2D eigenvalue weighted by Gasteiger charge is -2.39. The minimum atomic E-state index is -0.584. The highest BCUT2D eigenvalue weighted by atomic mass is 127. The van der Waals surface area contributed by atoms with Crippen LogP contribution in [-0.2, 0) is 0 Å². The number of pyridine rings is 1. The summed E-state index contributed by atoms with van der Waals surface area (Å²) in [5.74, 6) is 0.0941. The van der Waals surface area contributed by atoms with Crippen LogP contribution in [0.3, 0.4) is 0 Å². The van der Waals surface area contributed by atoms with Crippen LogP contribution < -0.4 is 4.90 Å². The van der Waals surface area contributed by atoms with Gasteiger partial charge in [0.05, 0.1) is 0 Å². The number of aromatic nitrogens is 1. The third-order valence-electron chi connectivity index (χ3n) is 2.98. The van der Waals surface area contributed by atoms with Gasteiger partial charge < -0.3 is 9.80 Å². The fraction of sp³-hybridized carbons (Fsp3) is 0.545. The van der Waals surface area contributed by atoms with Crippen LogP contribution in [-0.4, -0.2) is 42.6 Å². The largest absolute Gasteiger partial charge is 0.351 e. The Labute approximate surface area is 119 Å². The van der Waals surface area contributed by atoms with E-state index < -0.39 is 5.95 Å². The van der Waals surface area contributed by atoms with E-state index in [1.807, 2.05) is 28.7 Å². The van der Waals surface area contributed by atoms with Crippen molar-refractivity contribution < 1.29 is 4.39 Å². The predicted molar refractivity (Wildman–Crippen MR) is 76.2 cm³/mol. The van der Waals surface area contributed by atoms with Crippen LogP contribution in [0.15, 0.2) is 6.07 Å². The molecule has 3 nitrogen and oxygen atoms in total. The number of anilines is 1. The Bertz CT molecular complexity index is 406. The van der Waals surface area contributed by atoms with Gasteiger partial charge in [-0.15, -0.1) is 0 Å². The summed E-state index contributed by atoms with van der Waals surface area (Å²) in [5, 5.41) is 0.108. The summed E-state index contributed by atoms with van der Waals surface area (Å²) < 4.78 is 14.2. The molecule has 6 heteroatoms. The van der Waals surface area contributed by atoms with Gasteiger partial charge in [-0.3, -0.25) is 0 Å². The fourth-order valence-corrected chi connectivity index (χ4v) is 2.68. The van der Waals surface area contributed by atoms with Crippen molar-refractivity contribution >= 4 is 40.0 Å². The van der Waals surface area contributed by atoms with Crippen LogP contribution in [0.5, 0.6) is 0 Å². The highest BCUT2D eigenvalue weighted by Gasteiger charge is 2.24. The number of hydrogen-bond donors (Lipinski definition) is 0. The SMILES string of the molecule is C[C@H]1CN(C)CCN1c1cc(I)c(Cl)c(F)n1. The molecule has 0 radical (unpaired) electrons. The zero-order valence-corrected chi connectivity index (χ0v) is 12.7. The van der Waals surface area contributed by atoms with Gasteiger partial charge >= 0.3 is 0 Å². The van der Waals surface area contributed by atoms with E-state index in [4.69, 9.17) is 11.6 Å². The maximum Gasteiger partial charge on any atom is 0.234 e. The lowest BCUT2D eigenvalue weighted by molar-refractivity contribution is 0.274. The molecule has 0 aromatic carbocycles. The summed E-state index contributed by atoms with van der Waals surface area (Å²) in [7, 11) is 2.09. The number of likely N-dealkylation sites (N-methyl/N-ethyl adjacent to an activating group) is 1. The van der Waals surface area contributed by atoms with Gasteiger partial charge in [-0.2, -0.15) is 4.39 Å². The summed E-state index contributed by atoms with van der Waals surface area (Å²) in [5.41, 5.74) is 0. The van der Waals surface area contributed by atoms with Crippen molar-refractivity contribution in [1.82, 2.24) is 9.88 Å². The van der Waals surface area contributed by atoms with E-state index in [1.165, 1.54) is 0 Å². The van der Waals surface area contributed by atoms with Crippen molar-refractivity contribution in [1.29, 1.82) is 0 Å². The normalized spacial score (nSPS) is 21.9. The van der Waals surface area contributed by atoms with Crippen LogP contribution in [0.1, 0.15) is 6.92 Å². The molecule has 0 N–H and O–H groups in total. The quantitative estimate of drug-likeness (QED) is 0.560. The molecule has 0 unspecified atom stereocenters. The molecule has 0 aliphatic carbocycles. The zero-order valence-electron chi connectivity index (χ0n) is 9.75. The minimum Gasteiger partial charge on any atom is -0.351 e. The summed E-state index contributed by atoms with van der Waals surface area (Å²) in [4.78, 5) is 8.33. The maximum absolute atomic E-state index is 13.5. The van der Waals surface area contributed by atoms with E-state index in [1.54, 1.807) is 0 Å². The van der Waals surface area contributed by atoms with Crippen LogP contribution in [0.2, 0.25) is 5.02 Å². The van der Waals surface area contributed by atoms with E-state index in [-0.39, 0.29) is 5.02 Å². The van der Waals surface area contributed by atoms with Crippen molar-refractivity contribution in [3.8, 4) is 0 Å². The Balaban J connectivity index is 2.28. The Morgan fingerprint density at radius 1 is 1.53 bits per heavy atom. The lowest BCUT2D eigenvalue weighted by atomic mass is 10.2. The molecule has 1 aliphatic heterocycles. The van der Waals surface area contributed by atoms with Crippen molar-refractivity contribution in [2.24, 2.45) is 0 Å². The van der Waals surface area contributed by atoms with Crippen molar-refractivity contribution in [3.05, 3.63) is 20.6 Å². The summed E-state index contributed by atoms with van der Waals surface area (Å²) in [6, 6.07) is 2.17. The zero-order chi connectivity index (χ0) is 12.6. The smallest absolute Gasteiger partial charge is 0.234 e. The van der Waals surface area contributed by atoms with Crippen LogP contribution in [0.25, 0.3) is 0 Å². The second-order valence-corrected chi connectivity index (χ2v) is 5.91. The minimum absolute atomic E-state index is 0.108. The second kappa shape index (κ2) is 5.24. The van der Waals surface area contributed by atoms with Crippen LogP contribution in [0, 0.1) is 9.52 Å². The molecule has 17 heavy (non-hydrogen) atoms. The topological polar surface area (TPSA) is 19.4 Å². The van der Waals surface area contributed by atoms with Gasteiger partial charge in [0.15, 0.2) is 0 Å². The molecule has 1 aromatic heterocycles. The number of halogens is 3. The number of nitrogens with zero attached hydrogens (tertiary/aromatic N) is 3. The Morgan fingerprint density at radius 3 is 2.82 bits per heavy atom. The predicted octanol–water partition coefficient (Wildman–Crippen LogP) is 2.62. The number of hydrogen-bond acceptors (Lipinski definition) is 3. The highest BCUT2D eigenvalue weighted by molar-refractivity contribution is 14.1. The molecule has 0 spiro atoms. The molecule has 1 aliphatic rings. The van der Waals surface area contributed by atoms with Gasteiger partial charge in [0.2, 0.25) is 5.95 Å². The van der Waals surface area contributed by atoms with E-state index in [9.17, 15) is 4.39 Å². The molecule has 0 amide bonds. The van der Waals surface area contributed by atoms with Gasteiger partial charge in [0.25, 0.3) is 0 Å². The van der Waals surface area contributed by atoms with Gasteiger partial charge in [0.1, 0.15) is 10.8 Å². The highest BCUT2D eigenvalue weighted by Crippen LogP contribution is 2.26. The van der Waals surface area contributed by atoms with E-state index in [0.29, 0.717) is 15.4 Å². The lowest BCUT2D eigenvalue weighted by Crippen LogP contribution is -2.50. The van der Waals surface area contributed by atoms with E-state index >= 15 is 0 Å². The van der Waals surface area contributed by atoms with Crippen molar-refractivity contribution in [2.75, 3.05) is 31.6 Å². The first-order valence-corrected chi connectivity index (χ1v) is 6.91. The Hall–Kier alpha value is -0.140. The Kier molecular flexibility index (Phi) is 4.10. The molecule has 2 rings (SSSR count). The molecule has 94 valence electrons. The molecule has 1 aromatic rings. The average molecular weight is 370 g/mol. The fourth-order valence-electron chi connectivity index (χ4n) is 2.08. The molecular weight excluding hydrogens is 355 g/mol. The van der Waals surface area contributed by atoms with Gasteiger partial charge in [-0.25, -0.2) is 4.98 Å². The molecule has 1 atom stereocenters. The first kappa shape index (κ1) is 13.3. The van der Waals surface area contributed by atoms with Crippen LogP contribution in [0.4, 0.5) is 10.2 Å². The first-order chi connectivity index (χ1) is 7.99. The number of piperazine rings is 1. The monoisotopic (exact) mass is 369 g/mol. The first-order valence-electron chi connectivity index (χ1n) is 5.45. The third kappa shape index (κ3) is 2.82. The van der Waals surface area contributed by atoms with Gasteiger partial charge in [0, 0.05) is 29.2 Å². The van der Waals surface area contributed by atoms with E-state index in [2.05, 4.69) is 28.8 Å². The molecule has 1 saturated heterocycles. The van der Waals surface area contributed by atoms with Gasteiger partial charge in [-0.1, -0.05) is 11.6 Å².